The second-order valence-corrected chi connectivity index (χ2v) is 5.66. The van der Waals surface area contributed by atoms with Crippen LogP contribution in [0.2, 0.25) is 0 Å². The Hall–Kier alpha value is -1.07. The first-order valence-corrected chi connectivity index (χ1v) is 6.24. The fourth-order valence-corrected chi connectivity index (χ4v) is 1.79. The molecule has 1 rings (SSSR count). The average molecular weight is 274 g/mol. The van der Waals surface area contributed by atoms with Crippen LogP contribution in [0.15, 0.2) is 24.3 Å². The summed E-state index contributed by atoms with van der Waals surface area (Å²) in [5.41, 5.74) is 7.47. The average Bonchev–Trinajstić information content (AvgIpc) is 2.28. The molecule has 1 atom stereocenters. The number of nitrogens with one attached hydrogen (secondary N) is 1. The zero-order valence-corrected chi connectivity index (χ0v) is 11.5. The molecule has 0 saturated heterocycles. The lowest BCUT2D eigenvalue weighted by Gasteiger charge is -2.22. The Kier molecular flexibility index (Phi) is 4.98. The van der Waals surface area contributed by atoms with Gasteiger partial charge in [-0.25, -0.2) is 0 Å². The summed E-state index contributed by atoms with van der Waals surface area (Å²) in [6.07, 6.45) is -4.22. The van der Waals surface area contributed by atoms with Gasteiger partial charge in [-0.2, -0.15) is 13.2 Å². The molecular weight excluding hydrogens is 253 g/mol. The maximum absolute atomic E-state index is 12.2. The van der Waals surface area contributed by atoms with Gasteiger partial charge in [0.1, 0.15) is 0 Å². The van der Waals surface area contributed by atoms with E-state index in [9.17, 15) is 13.2 Å². The summed E-state index contributed by atoms with van der Waals surface area (Å²) in [6, 6.07) is 7.07. The van der Waals surface area contributed by atoms with Crippen LogP contribution in [0.4, 0.5) is 13.2 Å². The van der Waals surface area contributed by atoms with Gasteiger partial charge in [0, 0.05) is 12.6 Å². The van der Waals surface area contributed by atoms with Crippen LogP contribution < -0.4 is 11.1 Å². The first-order chi connectivity index (χ1) is 8.63. The van der Waals surface area contributed by atoms with Crippen LogP contribution in [0.5, 0.6) is 0 Å². The number of hydrogen-bond donors (Lipinski definition) is 2. The van der Waals surface area contributed by atoms with Crippen molar-refractivity contribution >= 4 is 0 Å². The van der Waals surface area contributed by atoms with Crippen LogP contribution in [-0.4, -0.2) is 19.3 Å². The number of halogens is 3. The molecule has 0 aromatic heterocycles. The van der Waals surface area contributed by atoms with Gasteiger partial charge >= 0.3 is 6.18 Å². The second kappa shape index (κ2) is 5.92. The van der Waals surface area contributed by atoms with E-state index in [0.29, 0.717) is 0 Å². The van der Waals surface area contributed by atoms with Crippen LogP contribution >= 0.6 is 0 Å². The summed E-state index contributed by atoms with van der Waals surface area (Å²) in [6.45, 7) is 5.36. The predicted octanol–water partition coefficient (Wildman–Crippen LogP) is 3.14. The summed E-state index contributed by atoms with van der Waals surface area (Å²) in [5.74, 6) is 0. The molecule has 0 radical (unpaired) electrons. The third-order valence-electron chi connectivity index (χ3n) is 2.96. The quantitative estimate of drug-likeness (QED) is 0.885. The Morgan fingerprint density at radius 2 is 1.63 bits per heavy atom. The van der Waals surface area contributed by atoms with Crippen LogP contribution in [0.25, 0.3) is 0 Å². The zero-order valence-electron chi connectivity index (χ0n) is 11.5. The SMILES string of the molecule is CC(C)(C)c1ccc(C(CN)NCC(F)(F)F)cc1. The maximum atomic E-state index is 12.2. The zero-order chi connectivity index (χ0) is 14.7. The molecule has 1 unspecified atom stereocenters. The fraction of sp³-hybridized carbons (Fsp3) is 0.571. The first-order valence-electron chi connectivity index (χ1n) is 6.24. The van der Waals surface area contributed by atoms with Crippen molar-refractivity contribution in [2.75, 3.05) is 13.1 Å². The number of alkyl halides is 3. The standard InChI is InChI=1S/C14H21F3N2/c1-13(2,3)11-6-4-10(5-7-11)12(8-18)19-9-14(15,16)17/h4-7,12,19H,8-9,18H2,1-3H3. The topological polar surface area (TPSA) is 38.0 Å². The van der Waals surface area contributed by atoms with Gasteiger partial charge in [-0.05, 0) is 16.5 Å². The Morgan fingerprint density at radius 1 is 1.11 bits per heavy atom. The van der Waals surface area contributed by atoms with E-state index in [2.05, 4.69) is 26.1 Å². The highest BCUT2D eigenvalue weighted by Gasteiger charge is 2.28. The van der Waals surface area contributed by atoms with Crippen LogP contribution in [0.1, 0.15) is 37.9 Å². The Morgan fingerprint density at radius 3 is 2.00 bits per heavy atom. The molecule has 0 aliphatic heterocycles. The minimum Gasteiger partial charge on any atom is -0.329 e. The summed E-state index contributed by atoms with van der Waals surface area (Å²) in [7, 11) is 0. The molecule has 108 valence electrons. The van der Waals surface area contributed by atoms with Crippen molar-refractivity contribution in [2.45, 2.75) is 38.4 Å². The van der Waals surface area contributed by atoms with Gasteiger partial charge in [-0.1, -0.05) is 45.0 Å². The van der Waals surface area contributed by atoms with Crippen LogP contribution in [0.3, 0.4) is 0 Å². The van der Waals surface area contributed by atoms with Gasteiger partial charge in [-0.3, -0.25) is 0 Å². The molecule has 19 heavy (non-hydrogen) atoms. The van der Waals surface area contributed by atoms with Crippen molar-refractivity contribution in [2.24, 2.45) is 5.73 Å². The lowest BCUT2D eigenvalue weighted by Crippen LogP contribution is -2.35. The minimum absolute atomic E-state index is 0.0239. The normalized spacial score (nSPS) is 14.5. The van der Waals surface area contributed by atoms with E-state index in [0.717, 1.165) is 11.1 Å². The van der Waals surface area contributed by atoms with E-state index in [1.807, 2.05) is 24.3 Å². The monoisotopic (exact) mass is 274 g/mol. The number of benzene rings is 1. The van der Waals surface area contributed by atoms with Crippen LogP contribution in [0, 0.1) is 0 Å². The molecule has 0 heterocycles. The fourth-order valence-electron chi connectivity index (χ4n) is 1.79. The summed E-state index contributed by atoms with van der Waals surface area (Å²) in [5, 5.41) is 2.43. The number of rotatable bonds is 4. The molecule has 5 heteroatoms. The molecule has 0 aliphatic rings. The van der Waals surface area contributed by atoms with Gasteiger partial charge in [0.15, 0.2) is 0 Å². The molecule has 0 amide bonds. The van der Waals surface area contributed by atoms with Crippen molar-refractivity contribution < 1.29 is 13.2 Å². The first kappa shape index (κ1) is 16.0. The van der Waals surface area contributed by atoms with Gasteiger partial charge in [0.2, 0.25) is 0 Å². The van der Waals surface area contributed by atoms with Crippen LogP contribution in [-0.2, 0) is 5.41 Å². The third-order valence-corrected chi connectivity index (χ3v) is 2.96. The van der Waals surface area contributed by atoms with Crippen molar-refractivity contribution in [3.63, 3.8) is 0 Å². The predicted molar refractivity (Wildman–Crippen MR) is 71.0 cm³/mol. The highest BCUT2D eigenvalue weighted by atomic mass is 19.4. The largest absolute Gasteiger partial charge is 0.401 e. The minimum atomic E-state index is -4.22. The molecule has 2 nitrogen and oxygen atoms in total. The highest BCUT2D eigenvalue weighted by molar-refractivity contribution is 5.29. The van der Waals surface area contributed by atoms with Crippen molar-refractivity contribution in [3.8, 4) is 0 Å². The van der Waals surface area contributed by atoms with E-state index in [-0.39, 0.29) is 12.0 Å². The molecule has 3 N–H and O–H groups in total. The van der Waals surface area contributed by atoms with E-state index in [1.165, 1.54) is 0 Å². The lowest BCUT2D eigenvalue weighted by atomic mass is 9.86. The molecule has 0 aliphatic carbocycles. The maximum Gasteiger partial charge on any atom is 0.401 e. The molecule has 1 aromatic carbocycles. The van der Waals surface area contributed by atoms with Gasteiger partial charge < -0.3 is 11.1 Å². The van der Waals surface area contributed by atoms with Crippen molar-refractivity contribution in [1.82, 2.24) is 5.32 Å². The molecule has 0 spiro atoms. The van der Waals surface area contributed by atoms with Gasteiger partial charge in [0.25, 0.3) is 0 Å². The Bertz CT molecular complexity index is 391. The lowest BCUT2D eigenvalue weighted by molar-refractivity contribution is -0.126. The summed E-state index contributed by atoms with van der Waals surface area (Å²) >= 11 is 0. The molecule has 0 bridgehead atoms. The van der Waals surface area contributed by atoms with E-state index in [4.69, 9.17) is 5.73 Å². The van der Waals surface area contributed by atoms with E-state index < -0.39 is 18.8 Å². The molecule has 1 aromatic rings. The molecule has 0 saturated carbocycles. The smallest absolute Gasteiger partial charge is 0.329 e. The molecular formula is C14H21F3N2. The van der Waals surface area contributed by atoms with E-state index >= 15 is 0 Å². The van der Waals surface area contributed by atoms with Gasteiger partial charge in [0.05, 0.1) is 6.54 Å². The third kappa shape index (κ3) is 5.20. The second-order valence-electron chi connectivity index (χ2n) is 5.66. The highest BCUT2D eigenvalue weighted by Crippen LogP contribution is 2.24. The number of hydrogen-bond acceptors (Lipinski definition) is 2. The summed E-state index contributed by atoms with van der Waals surface area (Å²) in [4.78, 5) is 0. The Labute approximate surface area is 112 Å². The Balaban J connectivity index is 2.77. The molecule has 0 fully saturated rings. The van der Waals surface area contributed by atoms with Gasteiger partial charge in [-0.15, -0.1) is 0 Å². The van der Waals surface area contributed by atoms with Crippen molar-refractivity contribution in [1.29, 1.82) is 0 Å². The van der Waals surface area contributed by atoms with E-state index in [1.54, 1.807) is 0 Å². The summed E-state index contributed by atoms with van der Waals surface area (Å²) < 4.78 is 36.6. The van der Waals surface area contributed by atoms with Crippen molar-refractivity contribution in [3.05, 3.63) is 35.4 Å². The number of nitrogens with two attached hydrogens (primary N) is 1.